The average Bonchev–Trinajstić information content (AvgIpc) is 2.27. The zero-order valence-corrected chi connectivity index (χ0v) is 9.96. The summed E-state index contributed by atoms with van der Waals surface area (Å²) >= 11 is 0. The van der Waals surface area contributed by atoms with Crippen LogP contribution in [0.5, 0.6) is 0 Å². The van der Waals surface area contributed by atoms with E-state index in [0.29, 0.717) is 19.4 Å². The fourth-order valence-corrected chi connectivity index (χ4v) is 1.29. The summed E-state index contributed by atoms with van der Waals surface area (Å²) in [5, 5.41) is 19.6. The Bertz CT molecular complexity index is 308. The predicted molar refractivity (Wildman–Crippen MR) is 62.7 cm³/mol. The number of nitrogens with two attached hydrogens (primary N) is 2. The average molecular weight is 261 g/mol. The van der Waals surface area contributed by atoms with Gasteiger partial charge in [0.25, 0.3) is 0 Å². The van der Waals surface area contributed by atoms with Crippen molar-refractivity contribution in [3.8, 4) is 0 Å². The van der Waals surface area contributed by atoms with E-state index in [9.17, 15) is 14.4 Å². The van der Waals surface area contributed by atoms with Crippen LogP contribution in [0.25, 0.3) is 0 Å². The van der Waals surface area contributed by atoms with Crippen LogP contribution in [0.15, 0.2) is 0 Å². The molecule has 0 aromatic heterocycles. The summed E-state index contributed by atoms with van der Waals surface area (Å²) in [4.78, 5) is 32.6. The van der Waals surface area contributed by atoms with Crippen LogP contribution in [0.4, 0.5) is 0 Å². The lowest BCUT2D eigenvalue weighted by Crippen LogP contribution is -2.44. The second-order valence-electron chi connectivity index (χ2n) is 3.89. The molecule has 0 aliphatic carbocycles. The number of hydrogen-bond donors (Lipinski definition) is 5. The van der Waals surface area contributed by atoms with Gasteiger partial charge in [0.15, 0.2) is 0 Å². The number of carboxylic acid groups (broad SMARTS) is 2. The predicted octanol–water partition coefficient (Wildman–Crippen LogP) is -1.51. The van der Waals surface area contributed by atoms with Crippen LogP contribution in [-0.4, -0.2) is 46.7 Å². The Balaban J connectivity index is 4.19. The van der Waals surface area contributed by atoms with E-state index < -0.39 is 36.4 Å². The van der Waals surface area contributed by atoms with Gasteiger partial charge in [-0.3, -0.25) is 9.59 Å². The Morgan fingerprint density at radius 3 is 2.17 bits per heavy atom. The first-order valence-corrected chi connectivity index (χ1v) is 5.59. The third-order valence-electron chi connectivity index (χ3n) is 2.30. The van der Waals surface area contributed by atoms with E-state index in [1.165, 1.54) is 0 Å². The summed E-state index contributed by atoms with van der Waals surface area (Å²) in [5.74, 6) is -3.16. The molecule has 0 saturated carbocycles. The van der Waals surface area contributed by atoms with E-state index in [1.807, 2.05) is 0 Å². The third kappa shape index (κ3) is 6.81. The van der Waals surface area contributed by atoms with Gasteiger partial charge in [0.2, 0.25) is 5.91 Å². The molecule has 0 rings (SSSR count). The molecule has 1 amide bonds. The highest BCUT2D eigenvalue weighted by molar-refractivity contribution is 5.87. The van der Waals surface area contributed by atoms with Crippen LogP contribution < -0.4 is 16.8 Å². The molecule has 0 aliphatic heterocycles. The first-order valence-electron chi connectivity index (χ1n) is 5.59. The summed E-state index contributed by atoms with van der Waals surface area (Å²) in [6.07, 6.45) is 1.03. The smallest absolute Gasteiger partial charge is 0.326 e. The number of nitrogens with one attached hydrogen (secondary N) is 1. The Labute approximate surface area is 104 Å². The van der Waals surface area contributed by atoms with Crippen molar-refractivity contribution in [1.29, 1.82) is 0 Å². The van der Waals surface area contributed by atoms with E-state index in [0.717, 1.165) is 0 Å². The lowest BCUT2D eigenvalue weighted by molar-refractivity contribution is -0.143. The van der Waals surface area contributed by atoms with Gasteiger partial charge in [0.05, 0.1) is 6.42 Å². The minimum atomic E-state index is -1.33. The highest BCUT2D eigenvalue weighted by Crippen LogP contribution is 2.01. The highest BCUT2D eigenvalue weighted by Gasteiger charge is 2.22. The van der Waals surface area contributed by atoms with E-state index in [-0.39, 0.29) is 6.42 Å². The normalized spacial score (nSPS) is 13.7. The summed E-state index contributed by atoms with van der Waals surface area (Å²) in [6, 6.07) is -2.37. The van der Waals surface area contributed by atoms with Gasteiger partial charge in [-0.2, -0.15) is 0 Å². The quantitative estimate of drug-likeness (QED) is 0.316. The second kappa shape index (κ2) is 8.43. The Hall–Kier alpha value is -1.67. The summed E-state index contributed by atoms with van der Waals surface area (Å²) in [7, 11) is 0. The summed E-state index contributed by atoms with van der Waals surface area (Å²) < 4.78 is 0. The monoisotopic (exact) mass is 261 g/mol. The molecule has 0 aromatic rings. The Morgan fingerprint density at radius 2 is 1.72 bits per heavy atom. The molecule has 0 aliphatic rings. The number of rotatable bonds is 9. The molecular weight excluding hydrogens is 242 g/mol. The van der Waals surface area contributed by atoms with Crippen molar-refractivity contribution in [1.82, 2.24) is 5.32 Å². The minimum Gasteiger partial charge on any atom is -0.480 e. The number of carbonyl (C=O) groups excluding carboxylic acids is 1. The number of unbranched alkanes of at least 4 members (excludes halogenated alkanes) is 1. The van der Waals surface area contributed by atoms with Gasteiger partial charge in [-0.05, 0) is 25.8 Å². The van der Waals surface area contributed by atoms with Crippen LogP contribution >= 0.6 is 0 Å². The van der Waals surface area contributed by atoms with Crippen LogP contribution in [0, 0.1) is 0 Å². The van der Waals surface area contributed by atoms with Crippen LogP contribution in [0.1, 0.15) is 25.7 Å². The van der Waals surface area contributed by atoms with Gasteiger partial charge < -0.3 is 27.0 Å². The van der Waals surface area contributed by atoms with Crippen molar-refractivity contribution < 1.29 is 24.6 Å². The Kier molecular flexibility index (Phi) is 7.64. The minimum absolute atomic E-state index is 0.251. The first kappa shape index (κ1) is 16.3. The topological polar surface area (TPSA) is 156 Å². The van der Waals surface area contributed by atoms with Gasteiger partial charge in [0.1, 0.15) is 12.1 Å². The largest absolute Gasteiger partial charge is 0.480 e. The van der Waals surface area contributed by atoms with Crippen LogP contribution in [-0.2, 0) is 14.4 Å². The van der Waals surface area contributed by atoms with Crippen LogP contribution in [0.3, 0.4) is 0 Å². The fraction of sp³-hybridized carbons (Fsp3) is 0.700. The molecule has 2 atom stereocenters. The lowest BCUT2D eigenvalue weighted by Gasteiger charge is -2.15. The number of hydrogen-bond acceptors (Lipinski definition) is 5. The number of carbonyl (C=O) groups is 3. The second-order valence-corrected chi connectivity index (χ2v) is 3.89. The highest BCUT2D eigenvalue weighted by atomic mass is 16.4. The van der Waals surface area contributed by atoms with E-state index in [1.54, 1.807) is 0 Å². The molecule has 0 aromatic carbocycles. The molecule has 7 N–H and O–H groups in total. The van der Waals surface area contributed by atoms with Crippen molar-refractivity contribution >= 4 is 17.8 Å². The molecule has 0 saturated heterocycles. The first-order chi connectivity index (χ1) is 8.38. The zero-order valence-electron chi connectivity index (χ0n) is 9.96. The zero-order chi connectivity index (χ0) is 14.1. The summed E-state index contributed by atoms with van der Waals surface area (Å²) in [5.41, 5.74) is 10.4. The van der Waals surface area contributed by atoms with E-state index >= 15 is 0 Å². The maximum Gasteiger partial charge on any atom is 0.326 e. The molecule has 0 fully saturated rings. The summed E-state index contributed by atoms with van der Waals surface area (Å²) in [6.45, 7) is 0.449. The number of amides is 1. The maximum atomic E-state index is 11.4. The van der Waals surface area contributed by atoms with E-state index in [4.69, 9.17) is 21.7 Å². The molecule has 8 heteroatoms. The molecule has 8 nitrogen and oxygen atoms in total. The fourth-order valence-electron chi connectivity index (χ4n) is 1.29. The van der Waals surface area contributed by atoms with Crippen LogP contribution in [0.2, 0.25) is 0 Å². The Morgan fingerprint density at radius 1 is 1.11 bits per heavy atom. The molecule has 0 spiro atoms. The van der Waals surface area contributed by atoms with Gasteiger partial charge in [0, 0.05) is 0 Å². The van der Waals surface area contributed by atoms with Gasteiger partial charge in [-0.25, -0.2) is 4.79 Å². The van der Waals surface area contributed by atoms with Crippen molar-refractivity contribution in [2.75, 3.05) is 6.54 Å². The molecular formula is C10H19N3O5. The third-order valence-corrected chi connectivity index (χ3v) is 2.30. The molecule has 0 heterocycles. The van der Waals surface area contributed by atoms with E-state index in [2.05, 4.69) is 5.32 Å². The SMILES string of the molecule is NCCCC[C@H](NC(=O)C[C@H](N)C(=O)O)C(=O)O. The lowest BCUT2D eigenvalue weighted by atomic mass is 10.1. The molecule has 104 valence electrons. The molecule has 0 unspecified atom stereocenters. The van der Waals surface area contributed by atoms with Gasteiger partial charge >= 0.3 is 11.9 Å². The van der Waals surface area contributed by atoms with Gasteiger partial charge in [-0.1, -0.05) is 0 Å². The maximum absolute atomic E-state index is 11.4. The number of aliphatic carboxylic acids is 2. The van der Waals surface area contributed by atoms with Gasteiger partial charge in [-0.15, -0.1) is 0 Å². The van der Waals surface area contributed by atoms with Crippen molar-refractivity contribution in [3.05, 3.63) is 0 Å². The number of carboxylic acids is 2. The molecule has 0 bridgehead atoms. The van der Waals surface area contributed by atoms with Crippen molar-refractivity contribution in [2.24, 2.45) is 11.5 Å². The molecule has 18 heavy (non-hydrogen) atoms. The standard InChI is InChI=1S/C10H19N3O5/c11-4-2-1-3-7(10(17)18)13-8(14)5-6(12)9(15)16/h6-7H,1-5,11-12H2,(H,13,14)(H,15,16)(H,17,18)/t6-,7-/m0/s1. The van der Waals surface area contributed by atoms with Crippen molar-refractivity contribution in [2.45, 2.75) is 37.8 Å². The van der Waals surface area contributed by atoms with Crippen molar-refractivity contribution in [3.63, 3.8) is 0 Å². The molecule has 0 radical (unpaired) electrons.